The summed E-state index contributed by atoms with van der Waals surface area (Å²) >= 11 is 0. The molecule has 0 aliphatic heterocycles. The van der Waals surface area contributed by atoms with Crippen molar-refractivity contribution in [1.29, 1.82) is 0 Å². The van der Waals surface area contributed by atoms with E-state index < -0.39 is 0 Å². The minimum atomic E-state index is -0.156. The Morgan fingerprint density at radius 1 is 1.27 bits per heavy atom. The number of benzene rings is 1. The Labute approximate surface area is 91.3 Å². The molecule has 2 nitrogen and oxygen atoms in total. The van der Waals surface area contributed by atoms with Crippen molar-refractivity contribution in [2.45, 2.75) is 44.4 Å². The van der Waals surface area contributed by atoms with Gasteiger partial charge in [-0.25, -0.2) is 0 Å². The Balaban J connectivity index is 1.95. The molecule has 0 amide bonds. The van der Waals surface area contributed by atoms with E-state index in [0.717, 1.165) is 19.3 Å². The zero-order valence-corrected chi connectivity index (χ0v) is 9.19. The third-order valence-electron chi connectivity index (χ3n) is 3.24. The van der Waals surface area contributed by atoms with E-state index >= 15 is 0 Å². The second-order valence-corrected chi connectivity index (χ2v) is 4.40. The maximum Gasteiger partial charge on any atom is 0.0693 e. The summed E-state index contributed by atoms with van der Waals surface area (Å²) in [5, 5.41) is 13.2. The summed E-state index contributed by atoms with van der Waals surface area (Å²) in [4.78, 5) is 0. The van der Waals surface area contributed by atoms with Crippen molar-refractivity contribution < 1.29 is 5.11 Å². The highest BCUT2D eigenvalue weighted by molar-refractivity contribution is 5.18. The van der Waals surface area contributed by atoms with Gasteiger partial charge in [-0.1, -0.05) is 30.3 Å². The van der Waals surface area contributed by atoms with Crippen LogP contribution in [0.15, 0.2) is 30.3 Å². The van der Waals surface area contributed by atoms with E-state index in [4.69, 9.17) is 0 Å². The molecule has 0 radical (unpaired) electrons. The molecule has 0 unspecified atom stereocenters. The molecule has 1 saturated carbocycles. The lowest BCUT2D eigenvalue weighted by Crippen LogP contribution is -2.37. The number of rotatable bonds is 3. The van der Waals surface area contributed by atoms with Crippen LogP contribution in [-0.2, 0) is 0 Å². The number of hydrogen-bond acceptors (Lipinski definition) is 2. The van der Waals surface area contributed by atoms with Crippen LogP contribution in [0.25, 0.3) is 0 Å². The Morgan fingerprint density at radius 2 is 2.00 bits per heavy atom. The second-order valence-electron chi connectivity index (χ2n) is 4.40. The predicted octanol–water partition coefficient (Wildman–Crippen LogP) is 2.25. The minimum Gasteiger partial charge on any atom is -0.392 e. The Hall–Kier alpha value is -0.860. The molecule has 0 saturated heterocycles. The van der Waals surface area contributed by atoms with Gasteiger partial charge in [0.1, 0.15) is 0 Å². The van der Waals surface area contributed by atoms with E-state index in [1.54, 1.807) is 0 Å². The van der Waals surface area contributed by atoms with Crippen LogP contribution < -0.4 is 5.32 Å². The molecule has 15 heavy (non-hydrogen) atoms. The highest BCUT2D eigenvalue weighted by Gasteiger charge is 2.26. The van der Waals surface area contributed by atoms with Crippen LogP contribution in [0, 0.1) is 0 Å². The van der Waals surface area contributed by atoms with Gasteiger partial charge in [0.15, 0.2) is 0 Å². The first-order valence-corrected chi connectivity index (χ1v) is 5.76. The van der Waals surface area contributed by atoms with Crippen molar-refractivity contribution in [3.8, 4) is 0 Å². The third-order valence-corrected chi connectivity index (χ3v) is 3.24. The topological polar surface area (TPSA) is 32.3 Å². The van der Waals surface area contributed by atoms with Gasteiger partial charge in [0.25, 0.3) is 0 Å². The number of aliphatic hydroxyl groups is 1. The summed E-state index contributed by atoms with van der Waals surface area (Å²) < 4.78 is 0. The van der Waals surface area contributed by atoms with Crippen molar-refractivity contribution in [3.63, 3.8) is 0 Å². The first-order chi connectivity index (χ1) is 7.27. The minimum absolute atomic E-state index is 0.156. The third kappa shape index (κ3) is 2.58. The standard InChI is InChI=1S/C13H19NO/c1-10(11-6-3-2-4-7-11)14-12-8-5-9-13(12)15/h2-4,6-7,10,12-15H,5,8-9H2,1H3/t10-,12+,13+/m0/s1. The molecule has 1 aromatic carbocycles. The van der Waals surface area contributed by atoms with Crippen LogP contribution in [0.1, 0.15) is 37.8 Å². The van der Waals surface area contributed by atoms with Gasteiger partial charge in [0.05, 0.1) is 6.10 Å². The SMILES string of the molecule is C[C@H](N[C@@H]1CCC[C@H]1O)c1ccccc1. The average Bonchev–Trinajstić information content (AvgIpc) is 2.66. The Bertz CT molecular complexity index is 299. The van der Waals surface area contributed by atoms with Crippen LogP contribution in [0.4, 0.5) is 0 Å². The maximum atomic E-state index is 9.72. The first kappa shape index (κ1) is 10.7. The van der Waals surface area contributed by atoms with Crippen molar-refractivity contribution in [1.82, 2.24) is 5.32 Å². The van der Waals surface area contributed by atoms with E-state index in [-0.39, 0.29) is 12.1 Å². The lowest BCUT2D eigenvalue weighted by molar-refractivity contribution is 0.144. The molecular formula is C13H19NO. The van der Waals surface area contributed by atoms with Gasteiger partial charge in [-0.2, -0.15) is 0 Å². The van der Waals surface area contributed by atoms with Gasteiger partial charge in [-0.05, 0) is 31.7 Å². The molecule has 2 N–H and O–H groups in total. The van der Waals surface area contributed by atoms with Gasteiger partial charge in [0, 0.05) is 12.1 Å². The van der Waals surface area contributed by atoms with E-state index in [2.05, 4.69) is 36.5 Å². The molecule has 0 bridgehead atoms. The monoisotopic (exact) mass is 205 g/mol. The summed E-state index contributed by atoms with van der Waals surface area (Å²) in [6.45, 7) is 2.15. The first-order valence-electron chi connectivity index (χ1n) is 5.76. The smallest absolute Gasteiger partial charge is 0.0693 e. The van der Waals surface area contributed by atoms with Crippen molar-refractivity contribution in [3.05, 3.63) is 35.9 Å². The molecular weight excluding hydrogens is 186 g/mol. The van der Waals surface area contributed by atoms with Crippen LogP contribution in [0.5, 0.6) is 0 Å². The molecule has 0 spiro atoms. The van der Waals surface area contributed by atoms with E-state index in [1.165, 1.54) is 5.56 Å². The molecule has 0 aromatic heterocycles. The average molecular weight is 205 g/mol. The fourth-order valence-electron chi connectivity index (χ4n) is 2.29. The fraction of sp³-hybridized carbons (Fsp3) is 0.538. The molecule has 1 fully saturated rings. The quantitative estimate of drug-likeness (QED) is 0.793. The van der Waals surface area contributed by atoms with Crippen LogP contribution in [0.2, 0.25) is 0 Å². The number of nitrogens with one attached hydrogen (secondary N) is 1. The lowest BCUT2D eigenvalue weighted by Gasteiger charge is -2.22. The maximum absolute atomic E-state index is 9.72. The summed E-state index contributed by atoms with van der Waals surface area (Å²) in [6, 6.07) is 11.0. The zero-order chi connectivity index (χ0) is 10.7. The van der Waals surface area contributed by atoms with Crippen LogP contribution in [-0.4, -0.2) is 17.3 Å². The normalized spacial score (nSPS) is 27.9. The summed E-state index contributed by atoms with van der Waals surface area (Å²) in [5.41, 5.74) is 1.29. The van der Waals surface area contributed by atoms with Crippen molar-refractivity contribution in [2.75, 3.05) is 0 Å². The number of hydrogen-bond donors (Lipinski definition) is 2. The lowest BCUT2D eigenvalue weighted by atomic mass is 10.1. The zero-order valence-electron chi connectivity index (χ0n) is 9.19. The van der Waals surface area contributed by atoms with Gasteiger partial charge in [0.2, 0.25) is 0 Å². The van der Waals surface area contributed by atoms with Gasteiger partial charge in [-0.3, -0.25) is 0 Å². The molecule has 0 heterocycles. The number of aliphatic hydroxyl groups excluding tert-OH is 1. The molecule has 2 heteroatoms. The highest BCUT2D eigenvalue weighted by atomic mass is 16.3. The molecule has 1 aliphatic rings. The van der Waals surface area contributed by atoms with Crippen LogP contribution >= 0.6 is 0 Å². The van der Waals surface area contributed by atoms with Crippen molar-refractivity contribution >= 4 is 0 Å². The fourth-order valence-corrected chi connectivity index (χ4v) is 2.29. The summed E-state index contributed by atoms with van der Waals surface area (Å²) in [5.74, 6) is 0. The Morgan fingerprint density at radius 3 is 2.60 bits per heavy atom. The highest BCUT2D eigenvalue weighted by Crippen LogP contribution is 2.22. The molecule has 3 atom stereocenters. The predicted molar refractivity (Wildman–Crippen MR) is 61.6 cm³/mol. The van der Waals surface area contributed by atoms with Gasteiger partial charge < -0.3 is 10.4 Å². The molecule has 2 rings (SSSR count). The largest absolute Gasteiger partial charge is 0.392 e. The van der Waals surface area contributed by atoms with E-state index in [1.807, 2.05) is 6.07 Å². The van der Waals surface area contributed by atoms with E-state index in [0.29, 0.717) is 6.04 Å². The molecule has 82 valence electrons. The second kappa shape index (κ2) is 4.77. The van der Waals surface area contributed by atoms with Crippen LogP contribution in [0.3, 0.4) is 0 Å². The van der Waals surface area contributed by atoms with E-state index in [9.17, 15) is 5.11 Å². The van der Waals surface area contributed by atoms with Crippen molar-refractivity contribution in [2.24, 2.45) is 0 Å². The molecule has 1 aromatic rings. The van der Waals surface area contributed by atoms with Gasteiger partial charge >= 0.3 is 0 Å². The Kier molecular flexibility index (Phi) is 3.39. The summed E-state index contributed by atoms with van der Waals surface area (Å²) in [6.07, 6.45) is 3.02. The van der Waals surface area contributed by atoms with Gasteiger partial charge in [-0.15, -0.1) is 0 Å². The summed E-state index contributed by atoms with van der Waals surface area (Å²) in [7, 11) is 0. The molecule has 1 aliphatic carbocycles.